The number of methoxy groups -OCH3 is 1. The Labute approximate surface area is 102 Å². The van der Waals surface area contributed by atoms with Gasteiger partial charge in [-0.15, -0.1) is 0 Å². The van der Waals surface area contributed by atoms with Crippen LogP contribution in [0.15, 0.2) is 23.1 Å². The largest absolute Gasteiger partial charge is 0.497 e. The maximum Gasteiger partial charge on any atom is 0.240 e. The summed E-state index contributed by atoms with van der Waals surface area (Å²) >= 11 is 0. The Hall–Kier alpha value is -1.11. The molecule has 0 spiro atoms. The van der Waals surface area contributed by atoms with Gasteiger partial charge in [0.15, 0.2) is 0 Å². The Bertz CT molecular complexity index is 472. The number of nitrogens with one attached hydrogen (secondary N) is 2. The normalized spacial score (nSPS) is 11.5. The third-order valence-corrected chi connectivity index (χ3v) is 3.98. The fourth-order valence-corrected chi connectivity index (χ4v) is 2.48. The van der Waals surface area contributed by atoms with Crippen molar-refractivity contribution in [3.63, 3.8) is 0 Å². The van der Waals surface area contributed by atoms with E-state index in [2.05, 4.69) is 10.0 Å². The van der Waals surface area contributed by atoms with E-state index in [0.717, 1.165) is 5.56 Å². The lowest BCUT2D eigenvalue weighted by molar-refractivity contribution is 0.413. The van der Waals surface area contributed by atoms with Gasteiger partial charge in [0.05, 0.1) is 12.0 Å². The van der Waals surface area contributed by atoms with Gasteiger partial charge in [0.2, 0.25) is 10.0 Å². The summed E-state index contributed by atoms with van der Waals surface area (Å²) in [4.78, 5) is 0.302. The van der Waals surface area contributed by atoms with E-state index in [0.29, 0.717) is 23.6 Å². The van der Waals surface area contributed by atoms with E-state index in [-0.39, 0.29) is 0 Å². The average Bonchev–Trinajstić information content (AvgIpc) is 2.35. The van der Waals surface area contributed by atoms with Gasteiger partial charge in [0.25, 0.3) is 0 Å². The quantitative estimate of drug-likeness (QED) is 0.773. The number of sulfonamides is 1. The van der Waals surface area contributed by atoms with E-state index in [1.54, 1.807) is 25.3 Å². The van der Waals surface area contributed by atoms with Crippen LogP contribution < -0.4 is 14.8 Å². The first-order valence-corrected chi connectivity index (χ1v) is 6.78. The van der Waals surface area contributed by atoms with Gasteiger partial charge in [-0.1, -0.05) is 0 Å². The molecule has 1 rings (SSSR count). The van der Waals surface area contributed by atoms with Crippen molar-refractivity contribution in [2.24, 2.45) is 0 Å². The van der Waals surface area contributed by atoms with Crippen LogP contribution in [0, 0.1) is 0 Å². The zero-order valence-electron chi connectivity index (χ0n) is 10.3. The molecule has 0 saturated carbocycles. The van der Waals surface area contributed by atoms with Crippen molar-refractivity contribution in [1.29, 1.82) is 0 Å². The summed E-state index contributed by atoms with van der Waals surface area (Å²) in [5, 5.41) is 2.99. The van der Waals surface area contributed by atoms with Crippen LogP contribution in [0.2, 0.25) is 0 Å². The van der Waals surface area contributed by atoms with Crippen LogP contribution in [0.25, 0.3) is 0 Å². The number of ether oxygens (including phenoxy) is 1. The molecule has 0 bridgehead atoms. The Kier molecular flexibility index (Phi) is 4.92. The van der Waals surface area contributed by atoms with Crippen LogP contribution in [-0.2, 0) is 16.4 Å². The lowest BCUT2D eigenvalue weighted by atomic mass is 10.1. The van der Waals surface area contributed by atoms with Gasteiger partial charge in [0.1, 0.15) is 5.75 Å². The molecule has 0 atom stereocenters. The summed E-state index contributed by atoms with van der Waals surface area (Å²) < 4.78 is 31.0. The molecule has 0 aliphatic carbocycles. The van der Waals surface area contributed by atoms with Crippen LogP contribution in [0.1, 0.15) is 5.56 Å². The summed E-state index contributed by atoms with van der Waals surface area (Å²) in [6.07, 6.45) is 0.629. The molecule has 0 aromatic heterocycles. The molecule has 0 unspecified atom stereocenters. The van der Waals surface area contributed by atoms with E-state index in [1.165, 1.54) is 7.05 Å². The standard InChI is InChI=1S/C11H18N2O3S/c1-12-7-6-9-8-10(16-3)4-5-11(9)17(14,15)13-2/h4-5,8,12-13H,6-7H2,1-3H3. The molecule has 0 saturated heterocycles. The molecule has 0 radical (unpaired) electrons. The van der Waals surface area contributed by atoms with Crippen molar-refractivity contribution in [2.75, 3.05) is 27.7 Å². The van der Waals surface area contributed by atoms with E-state index in [4.69, 9.17) is 4.74 Å². The highest BCUT2D eigenvalue weighted by Gasteiger charge is 2.16. The molecule has 1 aromatic carbocycles. The maximum atomic E-state index is 11.8. The summed E-state index contributed by atoms with van der Waals surface area (Å²) in [5.74, 6) is 0.658. The molecule has 0 amide bonds. The third kappa shape index (κ3) is 3.42. The maximum absolute atomic E-state index is 11.8. The van der Waals surface area contributed by atoms with Crippen molar-refractivity contribution in [3.05, 3.63) is 23.8 Å². The second-order valence-electron chi connectivity index (χ2n) is 3.53. The number of benzene rings is 1. The van der Waals surface area contributed by atoms with Crippen molar-refractivity contribution < 1.29 is 13.2 Å². The van der Waals surface area contributed by atoms with Crippen LogP contribution in [-0.4, -0.2) is 36.2 Å². The van der Waals surface area contributed by atoms with Crippen LogP contribution in [0.5, 0.6) is 5.75 Å². The molecule has 0 aliphatic rings. The van der Waals surface area contributed by atoms with Gasteiger partial charge in [-0.25, -0.2) is 13.1 Å². The van der Waals surface area contributed by atoms with E-state index < -0.39 is 10.0 Å². The SMILES string of the molecule is CNCCc1cc(OC)ccc1S(=O)(=O)NC. The van der Waals surface area contributed by atoms with Crippen molar-refractivity contribution in [3.8, 4) is 5.75 Å². The molecule has 1 aromatic rings. The van der Waals surface area contributed by atoms with E-state index in [1.807, 2.05) is 7.05 Å². The van der Waals surface area contributed by atoms with Gasteiger partial charge in [-0.3, -0.25) is 0 Å². The molecule has 0 heterocycles. The molecule has 0 aliphatic heterocycles. The minimum atomic E-state index is -3.42. The molecule has 96 valence electrons. The van der Waals surface area contributed by atoms with Gasteiger partial charge in [0, 0.05) is 0 Å². The number of hydrogen-bond acceptors (Lipinski definition) is 4. The Morgan fingerprint density at radius 1 is 1.29 bits per heavy atom. The lowest BCUT2D eigenvalue weighted by Crippen LogP contribution is -2.21. The van der Waals surface area contributed by atoms with Crippen LogP contribution in [0.3, 0.4) is 0 Å². The topological polar surface area (TPSA) is 67.4 Å². The number of likely N-dealkylation sites (N-methyl/N-ethyl adjacent to an activating group) is 1. The zero-order chi connectivity index (χ0) is 12.9. The molecule has 0 fully saturated rings. The minimum absolute atomic E-state index is 0.302. The van der Waals surface area contributed by atoms with Crippen LogP contribution >= 0.6 is 0 Å². The van der Waals surface area contributed by atoms with Crippen molar-refractivity contribution in [2.45, 2.75) is 11.3 Å². The highest BCUT2D eigenvalue weighted by Crippen LogP contribution is 2.21. The third-order valence-electron chi connectivity index (χ3n) is 2.47. The molecule has 17 heavy (non-hydrogen) atoms. The fraction of sp³-hybridized carbons (Fsp3) is 0.455. The van der Waals surface area contributed by atoms with E-state index >= 15 is 0 Å². The van der Waals surface area contributed by atoms with Crippen LogP contribution in [0.4, 0.5) is 0 Å². The number of rotatable bonds is 6. The van der Waals surface area contributed by atoms with Gasteiger partial charge in [-0.05, 0) is 50.8 Å². The first-order valence-electron chi connectivity index (χ1n) is 5.30. The Balaban J connectivity index is 3.19. The summed E-state index contributed by atoms with van der Waals surface area (Å²) in [5.41, 5.74) is 0.744. The number of hydrogen-bond donors (Lipinski definition) is 2. The summed E-state index contributed by atoms with van der Waals surface area (Å²) in [6.45, 7) is 0.708. The minimum Gasteiger partial charge on any atom is -0.497 e. The van der Waals surface area contributed by atoms with Gasteiger partial charge >= 0.3 is 0 Å². The molecular formula is C11H18N2O3S. The Morgan fingerprint density at radius 3 is 2.53 bits per heavy atom. The molecule has 2 N–H and O–H groups in total. The highest BCUT2D eigenvalue weighted by molar-refractivity contribution is 7.89. The van der Waals surface area contributed by atoms with Crippen molar-refractivity contribution in [1.82, 2.24) is 10.0 Å². The first kappa shape index (κ1) is 14.0. The van der Waals surface area contributed by atoms with Crippen molar-refractivity contribution >= 4 is 10.0 Å². The molecule has 5 nitrogen and oxygen atoms in total. The summed E-state index contributed by atoms with van der Waals surface area (Å²) in [6, 6.07) is 4.96. The summed E-state index contributed by atoms with van der Waals surface area (Å²) in [7, 11) is 1.37. The molecule has 6 heteroatoms. The monoisotopic (exact) mass is 258 g/mol. The predicted octanol–water partition coefficient (Wildman–Crippen LogP) is 0.365. The lowest BCUT2D eigenvalue weighted by Gasteiger charge is -2.11. The second-order valence-corrected chi connectivity index (χ2v) is 5.39. The van der Waals surface area contributed by atoms with Gasteiger partial charge in [-0.2, -0.15) is 0 Å². The predicted molar refractivity (Wildman–Crippen MR) is 66.9 cm³/mol. The Morgan fingerprint density at radius 2 is 2.00 bits per heavy atom. The molecular weight excluding hydrogens is 240 g/mol. The van der Waals surface area contributed by atoms with E-state index in [9.17, 15) is 8.42 Å². The fourth-order valence-electron chi connectivity index (χ4n) is 1.51. The average molecular weight is 258 g/mol. The smallest absolute Gasteiger partial charge is 0.240 e. The van der Waals surface area contributed by atoms with Gasteiger partial charge < -0.3 is 10.1 Å². The zero-order valence-corrected chi connectivity index (χ0v) is 11.1. The first-order chi connectivity index (χ1) is 8.05. The second kappa shape index (κ2) is 6.00. The highest BCUT2D eigenvalue weighted by atomic mass is 32.2.